The van der Waals surface area contributed by atoms with E-state index in [0.717, 1.165) is 25.8 Å². The van der Waals surface area contributed by atoms with Crippen molar-refractivity contribution in [1.82, 2.24) is 10.2 Å². The normalized spacial score (nSPS) is 18.2. The number of carbonyl (C=O) groups excluding carboxylic acids is 1. The molecule has 0 saturated heterocycles. The van der Waals surface area contributed by atoms with Crippen molar-refractivity contribution in [3.63, 3.8) is 0 Å². The standard InChI is InChI=1S/C16H24N2O/c1-4-14(5-2)18(3)16(19)15-10-12-8-6-7-9-13(12)11-17-15/h6-9,14-15,17H,4-5,10-11H2,1-3H3. The molecule has 1 amide bonds. The Kier molecular flexibility index (Phi) is 4.59. The van der Waals surface area contributed by atoms with Gasteiger partial charge in [0.2, 0.25) is 5.91 Å². The highest BCUT2D eigenvalue weighted by molar-refractivity contribution is 5.82. The quantitative estimate of drug-likeness (QED) is 0.901. The third-order valence-electron chi connectivity index (χ3n) is 4.22. The van der Waals surface area contributed by atoms with Crippen LogP contribution in [0, 0.1) is 0 Å². The maximum Gasteiger partial charge on any atom is 0.240 e. The lowest BCUT2D eigenvalue weighted by atomic mass is 9.95. The van der Waals surface area contributed by atoms with Crippen LogP contribution in [0.25, 0.3) is 0 Å². The molecule has 19 heavy (non-hydrogen) atoms. The molecule has 104 valence electrons. The van der Waals surface area contributed by atoms with E-state index < -0.39 is 0 Å². The lowest BCUT2D eigenvalue weighted by molar-refractivity contribution is -0.134. The van der Waals surface area contributed by atoms with Crippen LogP contribution in [0.2, 0.25) is 0 Å². The van der Waals surface area contributed by atoms with Crippen LogP contribution < -0.4 is 5.32 Å². The van der Waals surface area contributed by atoms with Crippen molar-refractivity contribution in [2.24, 2.45) is 0 Å². The van der Waals surface area contributed by atoms with E-state index in [0.29, 0.717) is 6.04 Å². The van der Waals surface area contributed by atoms with Gasteiger partial charge in [0.05, 0.1) is 6.04 Å². The predicted octanol–water partition coefficient (Wildman–Crippen LogP) is 2.35. The van der Waals surface area contributed by atoms with Crippen LogP contribution in [-0.4, -0.2) is 29.9 Å². The molecule has 3 nitrogen and oxygen atoms in total. The van der Waals surface area contributed by atoms with Crippen LogP contribution in [-0.2, 0) is 17.8 Å². The zero-order valence-corrected chi connectivity index (χ0v) is 12.1. The Morgan fingerprint density at radius 1 is 1.32 bits per heavy atom. The summed E-state index contributed by atoms with van der Waals surface area (Å²) in [4.78, 5) is 14.5. The molecule has 0 aliphatic carbocycles. The predicted molar refractivity (Wildman–Crippen MR) is 77.9 cm³/mol. The maximum atomic E-state index is 12.5. The van der Waals surface area contributed by atoms with Gasteiger partial charge in [-0.15, -0.1) is 0 Å². The van der Waals surface area contributed by atoms with Crippen molar-refractivity contribution in [2.45, 2.75) is 51.7 Å². The average Bonchev–Trinajstić information content (AvgIpc) is 2.47. The zero-order valence-electron chi connectivity index (χ0n) is 12.1. The van der Waals surface area contributed by atoms with Gasteiger partial charge in [0, 0.05) is 19.6 Å². The fraction of sp³-hybridized carbons (Fsp3) is 0.562. The van der Waals surface area contributed by atoms with Gasteiger partial charge in [-0.3, -0.25) is 4.79 Å². The topological polar surface area (TPSA) is 32.3 Å². The maximum absolute atomic E-state index is 12.5. The molecule has 1 unspecified atom stereocenters. The molecule has 1 aliphatic heterocycles. The number of nitrogens with one attached hydrogen (secondary N) is 1. The summed E-state index contributed by atoms with van der Waals surface area (Å²) < 4.78 is 0. The number of hydrogen-bond donors (Lipinski definition) is 1. The van der Waals surface area contributed by atoms with E-state index in [-0.39, 0.29) is 11.9 Å². The molecule has 1 aromatic carbocycles. The molecule has 0 spiro atoms. The minimum atomic E-state index is -0.0690. The van der Waals surface area contributed by atoms with E-state index in [1.54, 1.807) is 0 Å². The number of likely N-dealkylation sites (N-methyl/N-ethyl adjacent to an activating group) is 1. The molecule has 1 aliphatic rings. The van der Waals surface area contributed by atoms with Crippen LogP contribution >= 0.6 is 0 Å². The molecule has 1 heterocycles. The zero-order chi connectivity index (χ0) is 13.8. The summed E-state index contributed by atoms with van der Waals surface area (Å²) in [7, 11) is 1.93. The third-order valence-corrected chi connectivity index (χ3v) is 4.22. The molecule has 0 saturated carbocycles. The van der Waals surface area contributed by atoms with Crippen LogP contribution in [0.15, 0.2) is 24.3 Å². The van der Waals surface area contributed by atoms with Crippen LogP contribution in [0.5, 0.6) is 0 Å². The number of carbonyl (C=O) groups is 1. The molecular formula is C16H24N2O. The minimum absolute atomic E-state index is 0.0690. The highest BCUT2D eigenvalue weighted by atomic mass is 16.2. The number of nitrogens with zero attached hydrogens (tertiary/aromatic N) is 1. The summed E-state index contributed by atoms with van der Waals surface area (Å²) in [6, 6.07) is 8.66. The Labute approximate surface area is 116 Å². The second-order valence-electron chi connectivity index (χ2n) is 5.33. The Bertz CT molecular complexity index is 440. The summed E-state index contributed by atoms with van der Waals surface area (Å²) in [5.41, 5.74) is 2.62. The molecule has 1 aromatic rings. The molecule has 3 heteroatoms. The molecule has 1 atom stereocenters. The van der Waals surface area contributed by atoms with E-state index in [4.69, 9.17) is 0 Å². The Morgan fingerprint density at radius 3 is 2.58 bits per heavy atom. The van der Waals surface area contributed by atoms with E-state index >= 15 is 0 Å². The first-order valence-corrected chi connectivity index (χ1v) is 7.24. The van der Waals surface area contributed by atoms with Gasteiger partial charge in [0.15, 0.2) is 0 Å². The summed E-state index contributed by atoms with van der Waals surface area (Å²) >= 11 is 0. The van der Waals surface area contributed by atoms with Gasteiger partial charge < -0.3 is 10.2 Å². The van der Waals surface area contributed by atoms with Gasteiger partial charge in [-0.05, 0) is 30.4 Å². The van der Waals surface area contributed by atoms with Crippen molar-refractivity contribution in [2.75, 3.05) is 7.05 Å². The number of benzene rings is 1. The van der Waals surface area contributed by atoms with Crippen molar-refractivity contribution in [1.29, 1.82) is 0 Å². The van der Waals surface area contributed by atoms with Gasteiger partial charge in [0.25, 0.3) is 0 Å². The van der Waals surface area contributed by atoms with Crippen LogP contribution in [0.3, 0.4) is 0 Å². The summed E-state index contributed by atoms with van der Waals surface area (Å²) in [6.07, 6.45) is 2.84. The second kappa shape index (κ2) is 6.20. The molecular weight excluding hydrogens is 236 g/mol. The van der Waals surface area contributed by atoms with Crippen LogP contribution in [0.4, 0.5) is 0 Å². The van der Waals surface area contributed by atoms with Gasteiger partial charge in [-0.2, -0.15) is 0 Å². The smallest absolute Gasteiger partial charge is 0.240 e. The molecule has 0 radical (unpaired) electrons. The first-order chi connectivity index (χ1) is 9.17. The molecule has 0 bridgehead atoms. The number of amides is 1. The largest absolute Gasteiger partial charge is 0.341 e. The first kappa shape index (κ1) is 14.1. The number of rotatable bonds is 4. The lowest BCUT2D eigenvalue weighted by Gasteiger charge is -2.33. The van der Waals surface area contributed by atoms with Crippen LogP contribution in [0.1, 0.15) is 37.8 Å². The fourth-order valence-electron chi connectivity index (χ4n) is 2.89. The fourth-order valence-corrected chi connectivity index (χ4v) is 2.89. The van der Waals surface area contributed by atoms with E-state index in [1.807, 2.05) is 11.9 Å². The van der Waals surface area contributed by atoms with E-state index in [9.17, 15) is 4.79 Å². The average molecular weight is 260 g/mol. The monoisotopic (exact) mass is 260 g/mol. The third kappa shape index (κ3) is 2.98. The van der Waals surface area contributed by atoms with E-state index in [1.165, 1.54) is 11.1 Å². The first-order valence-electron chi connectivity index (χ1n) is 7.24. The van der Waals surface area contributed by atoms with Gasteiger partial charge in [-0.25, -0.2) is 0 Å². The summed E-state index contributed by atoms with van der Waals surface area (Å²) in [6.45, 7) is 5.08. The lowest BCUT2D eigenvalue weighted by Crippen LogP contribution is -2.50. The summed E-state index contributed by atoms with van der Waals surface area (Å²) in [5, 5.41) is 3.37. The molecule has 0 fully saturated rings. The highest BCUT2D eigenvalue weighted by Gasteiger charge is 2.28. The summed E-state index contributed by atoms with van der Waals surface area (Å²) in [5.74, 6) is 0.225. The second-order valence-corrected chi connectivity index (χ2v) is 5.33. The minimum Gasteiger partial charge on any atom is -0.341 e. The van der Waals surface area contributed by atoms with Crippen molar-refractivity contribution < 1.29 is 4.79 Å². The Morgan fingerprint density at radius 2 is 1.95 bits per heavy atom. The molecule has 1 N–H and O–H groups in total. The highest BCUT2D eigenvalue weighted by Crippen LogP contribution is 2.18. The van der Waals surface area contributed by atoms with Gasteiger partial charge in [0.1, 0.15) is 0 Å². The van der Waals surface area contributed by atoms with Crippen molar-refractivity contribution in [3.8, 4) is 0 Å². The SMILES string of the molecule is CCC(CC)N(C)C(=O)C1Cc2ccccc2CN1. The number of hydrogen-bond acceptors (Lipinski definition) is 2. The van der Waals surface area contributed by atoms with E-state index in [2.05, 4.69) is 43.4 Å². The number of fused-ring (bicyclic) bond motifs is 1. The van der Waals surface area contributed by atoms with Crippen molar-refractivity contribution in [3.05, 3.63) is 35.4 Å². The van der Waals surface area contributed by atoms with Gasteiger partial charge in [-0.1, -0.05) is 38.1 Å². The molecule has 2 rings (SSSR count). The van der Waals surface area contributed by atoms with Crippen molar-refractivity contribution >= 4 is 5.91 Å². The van der Waals surface area contributed by atoms with Gasteiger partial charge >= 0.3 is 0 Å². The molecule has 0 aromatic heterocycles. The Balaban J connectivity index is 2.06. The Hall–Kier alpha value is -1.35.